The Balaban J connectivity index is 3.92. The van der Waals surface area contributed by atoms with Gasteiger partial charge in [0, 0.05) is 0 Å². The zero-order chi connectivity index (χ0) is 9.78. The quantitative estimate of drug-likeness (QED) is 0.213. The lowest BCUT2D eigenvalue weighted by molar-refractivity contribution is -0.522. The van der Waals surface area contributed by atoms with Gasteiger partial charge in [-0.15, -0.1) is 0 Å². The first-order valence-electron chi connectivity index (χ1n) is 3.42. The van der Waals surface area contributed by atoms with Gasteiger partial charge < -0.3 is 9.94 Å². The summed E-state index contributed by atoms with van der Waals surface area (Å²) in [7, 11) is 0. The average Bonchev–Trinajstić information content (AvgIpc) is 1.82. The molecular weight excluding hydrogens is 162 g/mol. The Hall–Kier alpha value is -1.33. The Morgan fingerprint density at radius 2 is 2.17 bits per heavy atom. The highest BCUT2D eigenvalue weighted by atomic mass is 16.6. The third-order valence-electron chi connectivity index (χ3n) is 0.813. The van der Waals surface area contributed by atoms with Crippen LogP contribution in [0.5, 0.6) is 0 Å². The molecule has 12 heavy (non-hydrogen) atoms. The molecular formula is C6H13N3O3. The number of carbonyl (C=O) groups excluding carboxylic acids is 1. The summed E-state index contributed by atoms with van der Waals surface area (Å²) in [5, 5.41) is 13.2. The number of hydrogen-bond donors (Lipinski definition) is 1. The van der Waals surface area contributed by atoms with Crippen LogP contribution in [-0.2, 0) is 9.53 Å². The van der Waals surface area contributed by atoms with E-state index in [2.05, 4.69) is 11.1 Å². The number of carbonyl (C=O) groups is 1. The second-order valence-corrected chi connectivity index (χ2v) is 3.21. The Kier molecular flexibility index (Phi) is 3.46. The van der Waals surface area contributed by atoms with Crippen molar-refractivity contribution in [3.63, 3.8) is 0 Å². The van der Waals surface area contributed by atoms with Crippen LogP contribution in [0.4, 0.5) is 0 Å². The number of nitrogens with two attached hydrogens (primary N) is 1. The Bertz CT molecular complexity index is 195. The van der Waals surface area contributed by atoms with Gasteiger partial charge in [-0.3, -0.25) is 0 Å². The monoisotopic (exact) mass is 175 g/mol. The summed E-state index contributed by atoms with van der Waals surface area (Å²) in [5.74, 6) is 3.97. The van der Waals surface area contributed by atoms with Crippen molar-refractivity contribution in [1.82, 2.24) is 0 Å². The zero-order valence-electron chi connectivity index (χ0n) is 7.40. The number of hydrogen-bond acceptors (Lipinski definition) is 4. The van der Waals surface area contributed by atoms with E-state index >= 15 is 0 Å². The van der Waals surface area contributed by atoms with E-state index in [0.29, 0.717) is 0 Å². The second kappa shape index (κ2) is 3.89. The van der Waals surface area contributed by atoms with Crippen molar-refractivity contribution in [2.45, 2.75) is 26.4 Å². The standard InChI is InChI=1S/C6H13N3O3/c1-6(2,3)12-5(10)4-9(11)8-7/h4,7H2,1-3H3. The molecule has 70 valence electrons. The molecule has 0 spiro atoms. The summed E-state index contributed by atoms with van der Waals surface area (Å²) in [6.07, 6.45) is 0. The Labute approximate surface area is 70.6 Å². The number of hydroxylamine groups is 1. The molecule has 0 unspecified atom stereocenters. The van der Waals surface area contributed by atoms with Gasteiger partial charge >= 0.3 is 5.97 Å². The van der Waals surface area contributed by atoms with Crippen LogP contribution in [0.15, 0.2) is 5.22 Å². The molecule has 0 bridgehead atoms. The van der Waals surface area contributed by atoms with Gasteiger partial charge in [-0.1, -0.05) is 0 Å². The minimum atomic E-state index is -0.647. The van der Waals surface area contributed by atoms with Crippen molar-refractivity contribution in [2.75, 3.05) is 6.54 Å². The summed E-state index contributed by atoms with van der Waals surface area (Å²) < 4.78 is 4.81. The van der Waals surface area contributed by atoms with Gasteiger partial charge in [0.2, 0.25) is 6.54 Å². The molecule has 0 atom stereocenters. The fourth-order valence-electron chi connectivity index (χ4n) is 0.525. The van der Waals surface area contributed by atoms with E-state index < -0.39 is 18.1 Å². The molecule has 0 saturated heterocycles. The highest BCUT2D eigenvalue weighted by molar-refractivity contribution is 5.70. The molecule has 0 rings (SSSR count). The summed E-state index contributed by atoms with van der Waals surface area (Å²) in [6.45, 7) is 4.65. The van der Waals surface area contributed by atoms with Crippen LogP contribution in [0.3, 0.4) is 0 Å². The summed E-state index contributed by atoms with van der Waals surface area (Å²) in [4.78, 5) is 10.9. The first kappa shape index (κ1) is 10.7. The van der Waals surface area contributed by atoms with Gasteiger partial charge in [0.1, 0.15) is 5.60 Å². The number of ether oxygens (including phenoxy) is 1. The molecule has 6 nitrogen and oxygen atoms in total. The summed E-state index contributed by atoms with van der Waals surface area (Å²) in [6, 6.07) is 0. The first-order chi connectivity index (χ1) is 5.35. The van der Waals surface area contributed by atoms with E-state index in [0.717, 1.165) is 0 Å². The molecule has 0 fully saturated rings. The minimum Gasteiger partial charge on any atom is -0.695 e. The van der Waals surface area contributed by atoms with Gasteiger partial charge in [0.25, 0.3) is 0 Å². The second-order valence-electron chi connectivity index (χ2n) is 3.21. The van der Waals surface area contributed by atoms with E-state index in [4.69, 9.17) is 4.74 Å². The van der Waals surface area contributed by atoms with Crippen LogP contribution in [0.1, 0.15) is 20.8 Å². The van der Waals surface area contributed by atoms with Crippen molar-refractivity contribution in [3.8, 4) is 0 Å². The van der Waals surface area contributed by atoms with Crippen molar-refractivity contribution in [3.05, 3.63) is 5.21 Å². The minimum absolute atomic E-state index is 0.0636. The van der Waals surface area contributed by atoms with Crippen molar-refractivity contribution >= 4 is 5.97 Å². The predicted molar refractivity (Wildman–Crippen MR) is 41.0 cm³/mol. The van der Waals surface area contributed by atoms with Gasteiger partial charge in [0.15, 0.2) is 0 Å². The van der Waals surface area contributed by atoms with Crippen LogP contribution < -0.4 is 5.84 Å². The van der Waals surface area contributed by atoms with E-state index in [-0.39, 0.29) is 4.86 Å². The maximum Gasteiger partial charge on any atom is 0.351 e. The number of nitrogens with zero attached hydrogens (tertiary/aromatic N) is 2. The van der Waals surface area contributed by atoms with Gasteiger partial charge in [0.05, 0.1) is 5.22 Å². The smallest absolute Gasteiger partial charge is 0.351 e. The predicted octanol–water partition coefficient (Wildman–Crippen LogP) is 0.164. The average molecular weight is 175 g/mol. The van der Waals surface area contributed by atoms with Crippen LogP contribution >= 0.6 is 0 Å². The summed E-state index contributed by atoms with van der Waals surface area (Å²) in [5.41, 5.74) is -0.591. The molecule has 0 radical (unpaired) electrons. The Morgan fingerprint density at radius 3 is 2.50 bits per heavy atom. The zero-order valence-corrected chi connectivity index (χ0v) is 7.40. The van der Waals surface area contributed by atoms with Gasteiger partial charge in [-0.2, -0.15) is 10.7 Å². The van der Waals surface area contributed by atoms with Crippen molar-refractivity contribution in [1.29, 1.82) is 0 Å². The lowest BCUT2D eigenvalue weighted by Gasteiger charge is -2.19. The van der Waals surface area contributed by atoms with Gasteiger partial charge in [-0.05, 0) is 20.8 Å². The highest BCUT2D eigenvalue weighted by Gasteiger charge is 2.17. The fourth-order valence-corrected chi connectivity index (χ4v) is 0.525. The lowest BCUT2D eigenvalue weighted by atomic mass is 10.2. The van der Waals surface area contributed by atoms with Crippen LogP contribution in [-0.4, -0.2) is 23.0 Å². The third-order valence-corrected chi connectivity index (χ3v) is 0.813. The molecule has 0 aromatic rings. The molecule has 0 aromatic carbocycles. The largest absolute Gasteiger partial charge is 0.695 e. The first-order valence-corrected chi connectivity index (χ1v) is 3.42. The fraction of sp³-hybridized carbons (Fsp3) is 0.833. The molecule has 2 N–H and O–H groups in total. The molecule has 0 aliphatic heterocycles. The molecule has 6 heteroatoms. The number of rotatable bonds is 2. The maximum absolute atomic E-state index is 10.8. The number of esters is 1. The third kappa shape index (κ3) is 5.45. The molecule has 0 amide bonds. The van der Waals surface area contributed by atoms with E-state index in [9.17, 15) is 10.0 Å². The summed E-state index contributed by atoms with van der Waals surface area (Å²) >= 11 is 0. The van der Waals surface area contributed by atoms with Crippen molar-refractivity contribution < 1.29 is 14.4 Å². The van der Waals surface area contributed by atoms with Crippen LogP contribution in [0.25, 0.3) is 0 Å². The Morgan fingerprint density at radius 1 is 1.67 bits per heavy atom. The van der Waals surface area contributed by atoms with Crippen molar-refractivity contribution in [2.24, 2.45) is 11.1 Å². The SMILES string of the molecule is CC(C)(C)OC(=O)C[N+]([O-])=NN. The van der Waals surface area contributed by atoms with E-state index in [1.165, 1.54) is 0 Å². The van der Waals surface area contributed by atoms with Crippen LogP contribution in [0, 0.1) is 5.21 Å². The highest BCUT2D eigenvalue weighted by Crippen LogP contribution is 2.06. The van der Waals surface area contributed by atoms with Gasteiger partial charge in [-0.25, -0.2) is 4.79 Å². The molecule has 0 heterocycles. The maximum atomic E-state index is 10.8. The van der Waals surface area contributed by atoms with E-state index in [1.807, 2.05) is 0 Å². The van der Waals surface area contributed by atoms with Crippen LogP contribution in [0.2, 0.25) is 0 Å². The topological polar surface area (TPSA) is 90.8 Å². The lowest BCUT2D eigenvalue weighted by Crippen LogP contribution is -2.28. The normalized spacial score (nSPS) is 12.8. The molecule has 0 aliphatic rings. The molecule has 0 saturated carbocycles. The molecule has 0 aromatic heterocycles. The molecule has 0 aliphatic carbocycles. The van der Waals surface area contributed by atoms with E-state index in [1.54, 1.807) is 20.8 Å².